The number of anilines is 1. The van der Waals surface area contributed by atoms with Crippen LogP contribution in [0.5, 0.6) is 5.75 Å². The lowest BCUT2D eigenvalue weighted by atomic mass is 10.1. The summed E-state index contributed by atoms with van der Waals surface area (Å²) >= 11 is 0. The van der Waals surface area contributed by atoms with E-state index in [1.54, 1.807) is 25.1 Å². The fourth-order valence-electron chi connectivity index (χ4n) is 2.79. The first-order valence-corrected chi connectivity index (χ1v) is 9.54. The number of nitrogens with one attached hydrogen (secondary N) is 2. The SMILES string of the molecule is C/C(CC(=O)Nc1ccc(C(N)=O)cc1)=N/NC(=O)COc1ccc2ccccc2c1. The van der Waals surface area contributed by atoms with Crippen molar-refractivity contribution >= 4 is 39.9 Å². The van der Waals surface area contributed by atoms with Crippen LogP contribution in [0.1, 0.15) is 23.7 Å². The molecule has 3 aromatic rings. The Morgan fingerprint density at radius 1 is 0.935 bits per heavy atom. The molecular formula is C23H22N4O4. The maximum atomic E-state index is 12.1. The van der Waals surface area contributed by atoms with Gasteiger partial charge in [-0.3, -0.25) is 14.4 Å². The highest BCUT2D eigenvalue weighted by Crippen LogP contribution is 2.20. The van der Waals surface area contributed by atoms with E-state index >= 15 is 0 Å². The Morgan fingerprint density at radius 2 is 1.65 bits per heavy atom. The van der Waals surface area contributed by atoms with Crippen molar-refractivity contribution in [2.24, 2.45) is 10.8 Å². The molecular weight excluding hydrogens is 396 g/mol. The molecule has 3 amide bonds. The Balaban J connectivity index is 1.44. The van der Waals surface area contributed by atoms with E-state index in [-0.39, 0.29) is 18.9 Å². The van der Waals surface area contributed by atoms with Gasteiger partial charge in [0.2, 0.25) is 11.8 Å². The van der Waals surface area contributed by atoms with Crippen molar-refractivity contribution in [3.8, 4) is 5.75 Å². The molecule has 0 heterocycles. The van der Waals surface area contributed by atoms with Crippen LogP contribution in [0.2, 0.25) is 0 Å². The summed E-state index contributed by atoms with van der Waals surface area (Å²) in [5.41, 5.74) is 8.85. The molecule has 158 valence electrons. The molecule has 0 aliphatic carbocycles. The maximum absolute atomic E-state index is 12.1. The molecule has 0 spiro atoms. The highest BCUT2D eigenvalue weighted by atomic mass is 16.5. The van der Waals surface area contributed by atoms with Crippen LogP contribution < -0.4 is 21.2 Å². The molecule has 8 heteroatoms. The van der Waals surface area contributed by atoms with Crippen LogP contribution in [0.25, 0.3) is 10.8 Å². The van der Waals surface area contributed by atoms with Crippen LogP contribution in [0.3, 0.4) is 0 Å². The van der Waals surface area contributed by atoms with Gasteiger partial charge in [0.25, 0.3) is 5.91 Å². The predicted octanol–water partition coefficient (Wildman–Crippen LogP) is 2.84. The minimum absolute atomic E-state index is 0.0105. The quantitative estimate of drug-likeness (QED) is 0.384. The highest BCUT2D eigenvalue weighted by Gasteiger charge is 2.07. The van der Waals surface area contributed by atoms with Gasteiger partial charge in [-0.15, -0.1) is 0 Å². The second kappa shape index (κ2) is 10.0. The summed E-state index contributed by atoms with van der Waals surface area (Å²) in [7, 11) is 0. The summed E-state index contributed by atoms with van der Waals surface area (Å²) in [4.78, 5) is 35.1. The van der Waals surface area contributed by atoms with Gasteiger partial charge in [0.15, 0.2) is 6.61 Å². The van der Waals surface area contributed by atoms with Crippen molar-refractivity contribution in [2.75, 3.05) is 11.9 Å². The number of fused-ring (bicyclic) bond motifs is 1. The number of benzene rings is 3. The van der Waals surface area contributed by atoms with Crippen molar-refractivity contribution in [1.29, 1.82) is 0 Å². The lowest BCUT2D eigenvalue weighted by Crippen LogP contribution is -2.26. The second-order valence-electron chi connectivity index (χ2n) is 6.85. The lowest BCUT2D eigenvalue weighted by molar-refractivity contribution is -0.123. The van der Waals surface area contributed by atoms with E-state index in [4.69, 9.17) is 10.5 Å². The number of carbonyl (C=O) groups is 3. The molecule has 0 saturated carbocycles. The fraction of sp³-hybridized carbons (Fsp3) is 0.130. The average molecular weight is 418 g/mol. The van der Waals surface area contributed by atoms with Crippen LogP contribution in [0.4, 0.5) is 5.69 Å². The van der Waals surface area contributed by atoms with E-state index in [0.717, 1.165) is 10.8 Å². The summed E-state index contributed by atoms with van der Waals surface area (Å²) in [6.07, 6.45) is -0.0105. The van der Waals surface area contributed by atoms with Crippen LogP contribution >= 0.6 is 0 Å². The van der Waals surface area contributed by atoms with Crippen molar-refractivity contribution in [1.82, 2.24) is 5.43 Å². The van der Waals surface area contributed by atoms with Gasteiger partial charge in [0.1, 0.15) is 5.75 Å². The maximum Gasteiger partial charge on any atom is 0.277 e. The van der Waals surface area contributed by atoms with Crippen molar-refractivity contribution in [3.05, 3.63) is 72.3 Å². The highest BCUT2D eigenvalue weighted by molar-refractivity contribution is 6.06. The molecule has 31 heavy (non-hydrogen) atoms. The van der Waals surface area contributed by atoms with Gasteiger partial charge in [-0.05, 0) is 54.1 Å². The largest absolute Gasteiger partial charge is 0.484 e. The molecule has 3 rings (SSSR count). The smallest absolute Gasteiger partial charge is 0.277 e. The lowest BCUT2D eigenvalue weighted by Gasteiger charge is -2.07. The summed E-state index contributed by atoms with van der Waals surface area (Å²) < 4.78 is 5.50. The molecule has 8 nitrogen and oxygen atoms in total. The van der Waals surface area contributed by atoms with E-state index in [2.05, 4.69) is 15.8 Å². The number of primary amides is 1. The van der Waals surface area contributed by atoms with E-state index in [9.17, 15) is 14.4 Å². The number of rotatable bonds is 8. The number of hydrogen-bond donors (Lipinski definition) is 3. The topological polar surface area (TPSA) is 123 Å². The minimum Gasteiger partial charge on any atom is -0.484 e. The third kappa shape index (κ3) is 6.40. The second-order valence-corrected chi connectivity index (χ2v) is 6.85. The normalized spacial score (nSPS) is 11.1. The predicted molar refractivity (Wildman–Crippen MR) is 119 cm³/mol. The number of hydrazone groups is 1. The van der Waals surface area contributed by atoms with E-state index in [1.807, 2.05) is 36.4 Å². The zero-order valence-corrected chi connectivity index (χ0v) is 16.9. The summed E-state index contributed by atoms with van der Waals surface area (Å²) in [5, 5.41) is 8.70. The first kappa shape index (κ1) is 21.5. The molecule has 0 aromatic heterocycles. The third-order valence-corrected chi connectivity index (χ3v) is 4.33. The molecule has 0 aliphatic rings. The molecule has 4 N–H and O–H groups in total. The summed E-state index contributed by atoms with van der Waals surface area (Å²) in [6.45, 7) is 1.42. The zero-order chi connectivity index (χ0) is 22.2. The van der Waals surface area contributed by atoms with Crippen molar-refractivity contribution < 1.29 is 19.1 Å². The summed E-state index contributed by atoms with van der Waals surface area (Å²) in [5.74, 6) is -0.706. The number of ether oxygens (including phenoxy) is 1. The first-order chi connectivity index (χ1) is 14.9. The van der Waals surface area contributed by atoms with E-state index in [0.29, 0.717) is 22.7 Å². The van der Waals surface area contributed by atoms with Crippen molar-refractivity contribution in [2.45, 2.75) is 13.3 Å². The van der Waals surface area contributed by atoms with Gasteiger partial charge < -0.3 is 15.8 Å². The average Bonchev–Trinajstić information content (AvgIpc) is 2.76. The molecule has 0 aliphatic heterocycles. The fourth-order valence-corrected chi connectivity index (χ4v) is 2.79. The Bertz CT molecular complexity index is 1140. The number of amides is 3. The minimum atomic E-state index is -0.541. The van der Waals surface area contributed by atoms with Gasteiger partial charge in [-0.25, -0.2) is 5.43 Å². The van der Waals surface area contributed by atoms with E-state index < -0.39 is 11.8 Å². The monoisotopic (exact) mass is 418 g/mol. The molecule has 0 fully saturated rings. The van der Waals surface area contributed by atoms with Gasteiger partial charge in [0.05, 0.1) is 6.42 Å². The molecule has 0 unspecified atom stereocenters. The Hall–Kier alpha value is -4.20. The van der Waals surface area contributed by atoms with Crippen LogP contribution in [0.15, 0.2) is 71.8 Å². The van der Waals surface area contributed by atoms with E-state index in [1.165, 1.54) is 12.1 Å². The molecule has 0 bridgehead atoms. The van der Waals surface area contributed by atoms with Crippen LogP contribution in [-0.4, -0.2) is 30.0 Å². The zero-order valence-electron chi connectivity index (χ0n) is 16.9. The van der Waals surface area contributed by atoms with Gasteiger partial charge in [0, 0.05) is 17.0 Å². The molecule has 0 atom stereocenters. The van der Waals surface area contributed by atoms with Gasteiger partial charge in [-0.1, -0.05) is 30.3 Å². The Labute approximate surface area is 179 Å². The van der Waals surface area contributed by atoms with Gasteiger partial charge in [-0.2, -0.15) is 5.10 Å². The standard InChI is InChI=1S/C23H22N4O4/c1-15(12-21(28)25-19-9-6-17(7-10-19)23(24)30)26-27-22(29)14-31-20-11-8-16-4-2-3-5-18(16)13-20/h2-11,13H,12,14H2,1H3,(H2,24,30)(H,25,28)(H,27,29)/b26-15-. The third-order valence-electron chi connectivity index (χ3n) is 4.33. The Morgan fingerprint density at radius 3 is 2.35 bits per heavy atom. The number of nitrogens with two attached hydrogens (primary N) is 1. The molecule has 3 aromatic carbocycles. The first-order valence-electron chi connectivity index (χ1n) is 9.54. The number of nitrogens with zero attached hydrogens (tertiary/aromatic N) is 1. The summed E-state index contributed by atoms with van der Waals surface area (Å²) in [6, 6.07) is 19.6. The Kier molecular flexibility index (Phi) is 6.95. The van der Waals surface area contributed by atoms with Crippen LogP contribution in [-0.2, 0) is 9.59 Å². The number of carbonyl (C=O) groups excluding carboxylic acids is 3. The van der Waals surface area contributed by atoms with Crippen molar-refractivity contribution in [3.63, 3.8) is 0 Å². The van der Waals surface area contributed by atoms with Gasteiger partial charge >= 0.3 is 0 Å². The molecule has 0 radical (unpaired) electrons. The van der Waals surface area contributed by atoms with Crippen LogP contribution in [0, 0.1) is 0 Å². The number of hydrogen-bond acceptors (Lipinski definition) is 5. The molecule has 0 saturated heterocycles.